The molecule has 1 aliphatic carbocycles. The summed E-state index contributed by atoms with van der Waals surface area (Å²) >= 11 is 6.20. The van der Waals surface area contributed by atoms with Crippen molar-refractivity contribution in [3.05, 3.63) is 94.8 Å². The second-order valence-corrected chi connectivity index (χ2v) is 15.6. The Kier molecular flexibility index (Phi) is 9.08. The van der Waals surface area contributed by atoms with E-state index in [9.17, 15) is 13.2 Å². The zero-order valence-electron chi connectivity index (χ0n) is 26.4. The molecule has 3 aromatic rings. The maximum atomic E-state index is 15.6. The van der Waals surface area contributed by atoms with Gasteiger partial charge in [-0.1, -0.05) is 48.0 Å². The van der Waals surface area contributed by atoms with Crippen LogP contribution in [0.2, 0.25) is 5.02 Å². The van der Waals surface area contributed by atoms with E-state index >= 15 is 4.39 Å². The van der Waals surface area contributed by atoms with Crippen molar-refractivity contribution < 1.29 is 22.3 Å². The molecule has 0 radical (unpaired) electrons. The first-order valence-corrected chi connectivity index (χ1v) is 17.7. The molecule has 2 unspecified atom stereocenters. The molecule has 11 heteroatoms. The summed E-state index contributed by atoms with van der Waals surface area (Å²) in [4.78, 5) is 14.2. The molecule has 4 N–H and O–H groups in total. The van der Waals surface area contributed by atoms with Crippen LogP contribution in [0.3, 0.4) is 0 Å². The Balaban J connectivity index is 1.27. The van der Waals surface area contributed by atoms with Crippen LogP contribution >= 0.6 is 11.6 Å². The highest BCUT2D eigenvalue weighted by atomic mass is 35.5. The van der Waals surface area contributed by atoms with E-state index in [2.05, 4.69) is 10.6 Å². The molecule has 3 aromatic carbocycles. The Bertz CT molecular complexity index is 1680. The minimum Gasteiger partial charge on any atom is -0.375 e. The van der Waals surface area contributed by atoms with Crippen LogP contribution in [0, 0.1) is 11.7 Å². The molecule has 1 spiro atoms. The van der Waals surface area contributed by atoms with Crippen molar-refractivity contribution in [3.63, 3.8) is 0 Å². The molecule has 2 saturated heterocycles. The zero-order chi connectivity index (χ0) is 32.9. The topological polar surface area (TPSA) is 114 Å². The van der Waals surface area contributed by atoms with Gasteiger partial charge in [0.1, 0.15) is 5.82 Å². The van der Waals surface area contributed by atoms with Gasteiger partial charge < -0.3 is 21.1 Å². The number of nitrogens with two attached hydrogens (primary N) is 1. The molecule has 246 valence electrons. The Morgan fingerprint density at radius 3 is 2.39 bits per heavy atom. The summed E-state index contributed by atoms with van der Waals surface area (Å²) in [6, 6.07) is 19.2. The fraction of sp³-hybridized carbons (Fsp3) is 0.457. The van der Waals surface area contributed by atoms with Gasteiger partial charge in [0.25, 0.3) is 0 Å². The summed E-state index contributed by atoms with van der Waals surface area (Å²) in [5.74, 6) is -1.03. The molecule has 8 nitrogen and oxygen atoms in total. The van der Waals surface area contributed by atoms with Gasteiger partial charge in [-0.2, -0.15) is 4.31 Å². The SMILES string of the molecule is C[C@@H]1CC(c2ccc(Cl)cc2)([C@H](N)C(=O)Nc2cccc(F)c2C[C@@H]2CC23CNC[C@@H](C)N3S(=O)(=O)c2ccccc2)C[C@H](C)O1. The number of benzene rings is 3. The number of piperazine rings is 1. The standard InChI is InChI=1S/C35H42ClFN4O4S/c1-22-20-39-21-35(41(22)46(43,44)28-8-5-4-6-9-28)19-26(35)16-29-30(37)10-7-11-31(29)40-33(42)32(38)34(17-23(2)45-24(3)18-34)25-12-14-27(36)15-13-25/h4-15,22-24,26,32,39H,16-21,38H2,1-3H3,(H,40,42)/t22-,23-,24+,26-,32-,34?,35?/m1/s1. The number of nitrogens with one attached hydrogen (secondary N) is 2. The first-order chi connectivity index (χ1) is 21.9. The number of hydrogen-bond acceptors (Lipinski definition) is 6. The predicted molar refractivity (Wildman–Crippen MR) is 178 cm³/mol. The van der Waals surface area contributed by atoms with Gasteiger partial charge in [-0.15, -0.1) is 0 Å². The van der Waals surface area contributed by atoms with Crippen LogP contribution in [0.5, 0.6) is 0 Å². The van der Waals surface area contributed by atoms with E-state index in [4.69, 9.17) is 22.1 Å². The number of nitrogens with zero attached hydrogens (tertiary/aromatic N) is 1. The average molecular weight is 669 g/mol. The van der Waals surface area contributed by atoms with Crippen LogP contribution in [-0.4, -0.2) is 61.6 Å². The van der Waals surface area contributed by atoms with Crippen molar-refractivity contribution in [1.82, 2.24) is 9.62 Å². The normalized spacial score (nSPS) is 30.6. The fourth-order valence-electron chi connectivity index (χ4n) is 8.04. The largest absolute Gasteiger partial charge is 0.375 e. The number of anilines is 1. The summed E-state index contributed by atoms with van der Waals surface area (Å²) in [5, 5.41) is 6.95. The van der Waals surface area contributed by atoms with Gasteiger partial charge in [0, 0.05) is 40.8 Å². The predicted octanol–water partition coefficient (Wildman–Crippen LogP) is 5.25. The average Bonchev–Trinajstić information content (AvgIpc) is 3.68. The van der Waals surface area contributed by atoms with Crippen LogP contribution < -0.4 is 16.4 Å². The minimum absolute atomic E-state index is 0.129. The van der Waals surface area contributed by atoms with Crippen LogP contribution in [0.15, 0.2) is 77.7 Å². The van der Waals surface area contributed by atoms with Crippen molar-refractivity contribution in [3.8, 4) is 0 Å². The molecule has 3 fully saturated rings. The van der Waals surface area contributed by atoms with E-state index in [1.54, 1.807) is 58.9 Å². The molecule has 0 bridgehead atoms. The molecule has 46 heavy (non-hydrogen) atoms. The van der Waals surface area contributed by atoms with Gasteiger partial charge >= 0.3 is 0 Å². The van der Waals surface area contributed by atoms with Crippen molar-refractivity contribution >= 4 is 33.2 Å². The highest BCUT2D eigenvalue weighted by molar-refractivity contribution is 7.89. The first-order valence-electron chi connectivity index (χ1n) is 15.9. The monoisotopic (exact) mass is 668 g/mol. The molecule has 1 amide bonds. The second-order valence-electron chi connectivity index (χ2n) is 13.4. The summed E-state index contributed by atoms with van der Waals surface area (Å²) in [6.07, 6.45) is 1.64. The Morgan fingerprint density at radius 2 is 1.72 bits per heavy atom. The van der Waals surface area contributed by atoms with E-state index in [0.29, 0.717) is 48.6 Å². The summed E-state index contributed by atoms with van der Waals surface area (Å²) in [5.41, 5.74) is 7.01. The molecule has 7 atom stereocenters. The highest BCUT2D eigenvalue weighted by Gasteiger charge is 2.63. The summed E-state index contributed by atoms with van der Waals surface area (Å²) < 4.78 is 51.1. The number of hydrogen-bond donors (Lipinski definition) is 3. The van der Waals surface area contributed by atoms with Gasteiger partial charge in [-0.05, 0) is 94.3 Å². The van der Waals surface area contributed by atoms with Crippen LogP contribution in [0.1, 0.15) is 51.2 Å². The van der Waals surface area contributed by atoms with Gasteiger partial charge in [-0.25, -0.2) is 12.8 Å². The lowest BCUT2D eigenvalue weighted by atomic mass is 9.66. The molecule has 2 heterocycles. The number of sulfonamides is 1. The number of ether oxygens (including phenoxy) is 1. The molecule has 3 aliphatic rings. The Labute approximate surface area is 275 Å². The van der Waals surface area contributed by atoms with Gasteiger partial charge in [0.15, 0.2) is 0 Å². The van der Waals surface area contributed by atoms with E-state index in [-0.39, 0.29) is 35.5 Å². The number of halogens is 2. The van der Waals surface area contributed by atoms with Crippen molar-refractivity contribution in [2.75, 3.05) is 18.4 Å². The van der Waals surface area contributed by atoms with Crippen LogP contribution in [0.25, 0.3) is 0 Å². The minimum atomic E-state index is -3.79. The van der Waals surface area contributed by atoms with E-state index in [1.807, 2.05) is 32.9 Å². The van der Waals surface area contributed by atoms with Crippen LogP contribution in [-0.2, 0) is 31.4 Å². The first kappa shape index (κ1) is 33.1. The summed E-state index contributed by atoms with van der Waals surface area (Å²) in [6.45, 7) is 6.84. The lowest BCUT2D eigenvalue weighted by Gasteiger charge is -2.46. The lowest BCUT2D eigenvalue weighted by molar-refractivity contribution is -0.122. The number of rotatable bonds is 8. The zero-order valence-corrected chi connectivity index (χ0v) is 28.0. The van der Waals surface area contributed by atoms with E-state index in [0.717, 1.165) is 5.56 Å². The van der Waals surface area contributed by atoms with Crippen molar-refractivity contribution in [2.24, 2.45) is 11.7 Å². The van der Waals surface area contributed by atoms with E-state index < -0.39 is 38.7 Å². The fourth-order valence-corrected chi connectivity index (χ4v) is 10.2. The number of carbonyl (C=O) groups is 1. The molecule has 1 saturated carbocycles. The Morgan fingerprint density at radius 1 is 1.04 bits per heavy atom. The third-order valence-electron chi connectivity index (χ3n) is 10.1. The maximum Gasteiger partial charge on any atom is 0.243 e. The van der Waals surface area contributed by atoms with E-state index in [1.165, 1.54) is 6.07 Å². The van der Waals surface area contributed by atoms with Crippen molar-refractivity contribution in [2.45, 2.75) is 86.6 Å². The molecular formula is C35H42ClFN4O4S. The molecule has 0 aromatic heterocycles. The molecule has 6 rings (SSSR count). The number of carbonyl (C=O) groups excluding carboxylic acids is 1. The maximum absolute atomic E-state index is 15.6. The Hall–Kier alpha value is -2.86. The quantitative estimate of drug-likeness (QED) is 0.302. The summed E-state index contributed by atoms with van der Waals surface area (Å²) in [7, 11) is -3.79. The van der Waals surface area contributed by atoms with Gasteiger partial charge in [-0.3, -0.25) is 4.79 Å². The third kappa shape index (κ3) is 6.00. The molecule has 2 aliphatic heterocycles. The number of amides is 1. The van der Waals surface area contributed by atoms with Gasteiger partial charge in [0.2, 0.25) is 15.9 Å². The third-order valence-corrected chi connectivity index (χ3v) is 12.5. The molecular weight excluding hydrogens is 627 g/mol. The highest BCUT2D eigenvalue weighted by Crippen LogP contribution is 2.54. The lowest BCUT2D eigenvalue weighted by Crippen LogP contribution is -2.60. The van der Waals surface area contributed by atoms with Crippen LogP contribution in [0.4, 0.5) is 10.1 Å². The smallest absolute Gasteiger partial charge is 0.243 e. The van der Waals surface area contributed by atoms with Crippen molar-refractivity contribution in [1.29, 1.82) is 0 Å². The van der Waals surface area contributed by atoms with Gasteiger partial charge in [0.05, 0.1) is 28.7 Å². The second kappa shape index (κ2) is 12.6.